The summed E-state index contributed by atoms with van der Waals surface area (Å²) in [6.07, 6.45) is 2.80. The van der Waals surface area contributed by atoms with E-state index in [1.165, 1.54) is 6.20 Å². The van der Waals surface area contributed by atoms with Crippen molar-refractivity contribution in [3.05, 3.63) is 17.5 Å². The lowest BCUT2D eigenvalue weighted by Crippen LogP contribution is -2.13. The Morgan fingerprint density at radius 3 is 2.80 bits per heavy atom. The molecule has 0 N–H and O–H groups in total. The number of nitrogens with zero attached hydrogens (tertiary/aromatic N) is 2. The first kappa shape index (κ1) is 10.4. The molecule has 1 aliphatic rings. The predicted octanol–water partition coefficient (Wildman–Crippen LogP) is 0.364. The van der Waals surface area contributed by atoms with Crippen LogP contribution >= 0.6 is 0 Å². The normalized spacial score (nSPS) is 24.2. The van der Waals surface area contributed by atoms with Crippen molar-refractivity contribution < 1.29 is 13.2 Å². The van der Waals surface area contributed by atoms with E-state index >= 15 is 0 Å². The molecule has 1 aliphatic heterocycles. The summed E-state index contributed by atoms with van der Waals surface area (Å²) < 4.78 is 24.2. The second-order valence-electron chi connectivity index (χ2n) is 3.80. The largest absolute Gasteiger partial charge is 0.298 e. The lowest BCUT2D eigenvalue weighted by atomic mass is 10.2. The van der Waals surface area contributed by atoms with Crippen LogP contribution in [0, 0.1) is 6.92 Å². The molecule has 1 aromatic heterocycles. The smallest absolute Gasteiger partial charge is 0.153 e. The minimum atomic E-state index is -2.91. The number of sulfone groups is 1. The molecule has 5 nitrogen and oxygen atoms in total. The maximum atomic E-state index is 11.3. The lowest BCUT2D eigenvalue weighted by Gasteiger charge is -2.10. The van der Waals surface area contributed by atoms with E-state index in [0.717, 1.165) is 12.0 Å². The Balaban J connectivity index is 2.32. The zero-order valence-corrected chi connectivity index (χ0v) is 9.20. The van der Waals surface area contributed by atoms with E-state index in [1.807, 2.05) is 0 Å². The summed E-state index contributed by atoms with van der Waals surface area (Å²) in [5.41, 5.74) is 1.27. The number of rotatable bonds is 2. The number of hydrogen-bond acceptors (Lipinski definition) is 4. The highest BCUT2D eigenvalue weighted by atomic mass is 32.2. The van der Waals surface area contributed by atoms with Gasteiger partial charge in [0.05, 0.1) is 29.3 Å². The highest BCUT2D eigenvalue weighted by Crippen LogP contribution is 2.24. The van der Waals surface area contributed by atoms with Crippen LogP contribution in [0.3, 0.4) is 0 Å². The van der Waals surface area contributed by atoms with Crippen LogP contribution in [-0.2, 0) is 9.84 Å². The van der Waals surface area contributed by atoms with Crippen molar-refractivity contribution in [3.63, 3.8) is 0 Å². The Bertz CT molecular complexity index is 489. The molecule has 0 amide bonds. The van der Waals surface area contributed by atoms with Gasteiger partial charge in [0, 0.05) is 5.69 Å². The number of aldehydes is 1. The minimum Gasteiger partial charge on any atom is -0.298 e. The maximum absolute atomic E-state index is 11.3. The van der Waals surface area contributed by atoms with Gasteiger partial charge in [0.2, 0.25) is 0 Å². The van der Waals surface area contributed by atoms with E-state index in [2.05, 4.69) is 5.10 Å². The second kappa shape index (κ2) is 3.44. The Morgan fingerprint density at radius 2 is 2.33 bits per heavy atom. The summed E-state index contributed by atoms with van der Waals surface area (Å²) >= 11 is 0. The lowest BCUT2D eigenvalue weighted by molar-refractivity contribution is 0.112. The van der Waals surface area contributed by atoms with Crippen molar-refractivity contribution in [1.82, 2.24) is 9.78 Å². The Kier molecular flexibility index (Phi) is 2.38. The molecule has 0 spiro atoms. The fourth-order valence-corrected chi connectivity index (χ4v) is 3.58. The Labute approximate surface area is 88.0 Å². The number of aromatic nitrogens is 2. The van der Waals surface area contributed by atoms with Crippen LogP contribution in [0.4, 0.5) is 0 Å². The molecule has 2 heterocycles. The van der Waals surface area contributed by atoms with Gasteiger partial charge in [0.25, 0.3) is 0 Å². The molecule has 6 heteroatoms. The first-order chi connectivity index (χ1) is 7.03. The molecule has 0 aromatic carbocycles. The number of hydrogen-bond donors (Lipinski definition) is 0. The fourth-order valence-electron chi connectivity index (χ4n) is 1.89. The molecular weight excluding hydrogens is 216 g/mol. The van der Waals surface area contributed by atoms with Gasteiger partial charge in [0.1, 0.15) is 0 Å². The van der Waals surface area contributed by atoms with Gasteiger partial charge >= 0.3 is 0 Å². The highest BCUT2D eigenvalue weighted by Gasteiger charge is 2.30. The molecule has 1 atom stereocenters. The van der Waals surface area contributed by atoms with Gasteiger partial charge in [-0.3, -0.25) is 9.48 Å². The van der Waals surface area contributed by atoms with E-state index in [1.54, 1.807) is 11.6 Å². The predicted molar refractivity (Wildman–Crippen MR) is 54.7 cm³/mol. The van der Waals surface area contributed by atoms with E-state index in [0.29, 0.717) is 12.0 Å². The molecule has 2 rings (SSSR count). The molecule has 1 fully saturated rings. The van der Waals surface area contributed by atoms with Gasteiger partial charge in [-0.25, -0.2) is 8.42 Å². The molecule has 0 saturated carbocycles. The van der Waals surface area contributed by atoms with Crippen molar-refractivity contribution in [2.75, 3.05) is 11.5 Å². The quantitative estimate of drug-likeness (QED) is 0.685. The van der Waals surface area contributed by atoms with Crippen LogP contribution in [0.2, 0.25) is 0 Å². The van der Waals surface area contributed by atoms with Gasteiger partial charge in [-0.15, -0.1) is 0 Å². The zero-order chi connectivity index (χ0) is 11.1. The summed E-state index contributed by atoms with van der Waals surface area (Å²) in [4.78, 5) is 10.6. The average molecular weight is 228 g/mol. The molecule has 82 valence electrons. The van der Waals surface area contributed by atoms with Crippen molar-refractivity contribution in [2.45, 2.75) is 19.4 Å². The Morgan fingerprint density at radius 1 is 1.60 bits per heavy atom. The molecule has 1 saturated heterocycles. The second-order valence-corrected chi connectivity index (χ2v) is 6.03. The number of carbonyl (C=O) groups is 1. The van der Waals surface area contributed by atoms with Gasteiger partial charge < -0.3 is 0 Å². The monoisotopic (exact) mass is 228 g/mol. The first-order valence-electron chi connectivity index (χ1n) is 4.73. The van der Waals surface area contributed by atoms with E-state index in [9.17, 15) is 13.2 Å². The van der Waals surface area contributed by atoms with Crippen LogP contribution in [0.15, 0.2) is 6.20 Å². The molecule has 1 aromatic rings. The standard InChI is InChI=1S/C9H12N2O3S/c1-7-8(5-12)4-10-11(7)9-2-3-15(13,14)6-9/h4-5,9H,2-3,6H2,1H3. The average Bonchev–Trinajstić information content (AvgIpc) is 2.69. The van der Waals surface area contributed by atoms with Crippen LogP contribution < -0.4 is 0 Å². The summed E-state index contributed by atoms with van der Waals surface area (Å²) in [6, 6.07) is -0.108. The van der Waals surface area contributed by atoms with Gasteiger partial charge in [0.15, 0.2) is 16.1 Å². The van der Waals surface area contributed by atoms with Crippen LogP contribution in [0.5, 0.6) is 0 Å². The van der Waals surface area contributed by atoms with Crippen molar-refractivity contribution in [2.24, 2.45) is 0 Å². The minimum absolute atomic E-state index is 0.108. The van der Waals surface area contributed by atoms with Crippen molar-refractivity contribution >= 4 is 16.1 Å². The summed E-state index contributed by atoms with van der Waals surface area (Å²) in [5.74, 6) is 0.348. The molecular formula is C9H12N2O3S. The Hall–Kier alpha value is -1.17. The van der Waals surface area contributed by atoms with Crippen molar-refractivity contribution in [1.29, 1.82) is 0 Å². The molecule has 1 unspecified atom stereocenters. The van der Waals surface area contributed by atoms with Gasteiger partial charge in [-0.2, -0.15) is 5.10 Å². The van der Waals surface area contributed by atoms with Gasteiger partial charge in [-0.05, 0) is 13.3 Å². The van der Waals surface area contributed by atoms with Gasteiger partial charge in [-0.1, -0.05) is 0 Å². The third kappa shape index (κ3) is 1.81. The zero-order valence-electron chi connectivity index (χ0n) is 8.38. The molecule has 15 heavy (non-hydrogen) atoms. The van der Waals surface area contributed by atoms with E-state index in [4.69, 9.17) is 0 Å². The third-order valence-corrected chi connectivity index (χ3v) is 4.51. The third-order valence-electron chi connectivity index (χ3n) is 2.76. The fraction of sp³-hybridized carbons (Fsp3) is 0.556. The topological polar surface area (TPSA) is 69.0 Å². The van der Waals surface area contributed by atoms with Crippen LogP contribution in [0.1, 0.15) is 28.5 Å². The van der Waals surface area contributed by atoms with Crippen molar-refractivity contribution in [3.8, 4) is 0 Å². The molecule has 0 radical (unpaired) electrons. The van der Waals surface area contributed by atoms with E-state index in [-0.39, 0.29) is 17.5 Å². The van der Waals surface area contributed by atoms with Crippen LogP contribution in [-0.4, -0.2) is 36.0 Å². The van der Waals surface area contributed by atoms with E-state index < -0.39 is 9.84 Å². The summed E-state index contributed by atoms with van der Waals surface area (Å²) in [7, 11) is -2.91. The van der Waals surface area contributed by atoms with Crippen LogP contribution in [0.25, 0.3) is 0 Å². The number of carbonyl (C=O) groups excluding carboxylic acids is 1. The maximum Gasteiger partial charge on any atom is 0.153 e. The summed E-state index contributed by atoms with van der Waals surface area (Å²) in [6.45, 7) is 1.78. The summed E-state index contributed by atoms with van der Waals surface area (Å²) in [5, 5.41) is 4.06. The molecule has 0 aliphatic carbocycles. The highest BCUT2D eigenvalue weighted by molar-refractivity contribution is 7.91. The first-order valence-corrected chi connectivity index (χ1v) is 6.55. The molecule has 0 bridgehead atoms. The SMILES string of the molecule is Cc1c(C=O)cnn1C1CCS(=O)(=O)C1.